The summed E-state index contributed by atoms with van der Waals surface area (Å²) in [4.78, 5) is 21.8. The normalized spacial score (nSPS) is 17.5. The first-order valence-electron chi connectivity index (χ1n) is 6.13. The van der Waals surface area contributed by atoms with Crippen LogP contribution >= 0.6 is 0 Å². The maximum absolute atomic E-state index is 11.1. The molecule has 102 valence electrons. The lowest BCUT2D eigenvalue weighted by molar-refractivity contribution is -0.385. The van der Waals surface area contributed by atoms with E-state index in [1.54, 1.807) is 13.2 Å². The Morgan fingerprint density at radius 2 is 2.21 bits per heavy atom. The summed E-state index contributed by atoms with van der Waals surface area (Å²) in [5, 5.41) is 13.9. The van der Waals surface area contributed by atoms with Gasteiger partial charge in [-0.25, -0.2) is 0 Å². The number of nitro benzene ring substituents is 1. The molecule has 6 heteroatoms. The van der Waals surface area contributed by atoms with Crippen molar-refractivity contribution in [2.24, 2.45) is 0 Å². The SMILES string of the molecule is COc1ccc([N+](=O)[O-])c2c1CC(NC(C)=O)CC2. The van der Waals surface area contributed by atoms with Gasteiger partial charge in [-0.2, -0.15) is 0 Å². The van der Waals surface area contributed by atoms with Gasteiger partial charge in [0.2, 0.25) is 5.91 Å². The number of methoxy groups -OCH3 is 1. The van der Waals surface area contributed by atoms with Crippen LogP contribution in [-0.2, 0) is 17.6 Å². The summed E-state index contributed by atoms with van der Waals surface area (Å²) in [6, 6.07) is 3.12. The molecule has 0 saturated heterocycles. The van der Waals surface area contributed by atoms with E-state index in [4.69, 9.17) is 4.74 Å². The van der Waals surface area contributed by atoms with Gasteiger partial charge in [0.15, 0.2) is 0 Å². The number of ether oxygens (including phenoxy) is 1. The van der Waals surface area contributed by atoms with E-state index in [0.717, 1.165) is 11.1 Å². The molecule has 6 nitrogen and oxygen atoms in total. The number of nitro groups is 1. The van der Waals surface area contributed by atoms with Gasteiger partial charge in [-0.15, -0.1) is 0 Å². The van der Waals surface area contributed by atoms with Crippen LogP contribution < -0.4 is 10.1 Å². The Balaban J connectivity index is 2.38. The second-order valence-electron chi connectivity index (χ2n) is 4.64. The maximum atomic E-state index is 11.1. The van der Waals surface area contributed by atoms with Crippen LogP contribution in [-0.4, -0.2) is 24.0 Å². The standard InChI is InChI=1S/C13H16N2O4/c1-8(16)14-9-3-4-10-11(7-9)13(19-2)6-5-12(10)15(17)18/h5-6,9H,3-4,7H2,1-2H3,(H,14,16). The summed E-state index contributed by atoms with van der Waals surface area (Å²) in [6.45, 7) is 1.47. The minimum Gasteiger partial charge on any atom is -0.496 e. The minimum absolute atomic E-state index is 0.0147. The summed E-state index contributed by atoms with van der Waals surface area (Å²) in [5.41, 5.74) is 1.70. The molecule has 0 spiro atoms. The zero-order chi connectivity index (χ0) is 14.0. The first-order valence-corrected chi connectivity index (χ1v) is 6.13. The fourth-order valence-electron chi connectivity index (χ4n) is 2.60. The van der Waals surface area contributed by atoms with Crippen molar-refractivity contribution < 1.29 is 14.5 Å². The number of fused-ring (bicyclic) bond motifs is 1. The Kier molecular flexibility index (Phi) is 3.69. The third-order valence-corrected chi connectivity index (χ3v) is 3.38. The van der Waals surface area contributed by atoms with Crippen LogP contribution in [0.4, 0.5) is 5.69 Å². The molecule has 1 unspecified atom stereocenters. The van der Waals surface area contributed by atoms with Gasteiger partial charge in [0.25, 0.3) is 5.69 Å². The third kappa shape index (κ3) is 2.67. The third-order valence-electron chi connectivity index (χ3n) is 3.38. The van der Waals surface area contributed by atoms with Crippen molar-refractivity contribution in [1.82, 2.24) is 5.32 Å². The number of rotatable bonds is 3. The van der Waals surface area contributed by atoms with Crippen molar-refractivity contribution in [3.8, 4) is 5.75 Å². The number of benzene rings is 1. The van der Waals surface area contributed by atoms with E-state index < -0.39 is 0 Å². The monoisotopic (exact) mass is 264 g/mol. The zero-order valence-corrected chi connectivity index (χ0v) is 10.9. The average Bonchev–Trinajstić information content (AvgIpc) is 2.36. The topological polar surface area (TPSA) is 81.5 Å². The van der Waals surface area contributed by atoms with Gasteiger partial charge in [0.1, 0.15) is 5.75 Å². The van der Waals surface area contributed by atoms with E-state index >= 15 is 0 Å². The molecule has 0 bridgehead atoms. The Labute approximate surface area is 110 Å². The highest BCUT2D eigenvalue weighted by atomic mass is 16.6. The van der Waals surface area contributed by atoms with Gasteiger partial charge in [-0.1, -0.05) is 0 Å². The fraction of sp³-hybridized carbons (Fsp3) is 0.462. The number of hydrogen-bond acceptors (Lipinski definition) is 4. The highest BCUT2D eigenvalue weighted by molar-refractivity contribution is 5.73. The van der Waals surface area contributed by atoms with Crippen molar-refractivity contribution in [2.45, 2.75) is 32.2 Å². The van der Waals surface area contributed by atoms with Gasteiger partial charge in [0.05, 0.1) is 12.0 Å². The van der Waals surface area contributed by atoms with E-state index in [2.05, 4.69) is 5.32 Å². The van der Waals surface area contributed by atoms with Crippen molar-refractivity contribution in [3.63, 3.8) is 0 Å². The molecule has 2 rings (SSSR count). The zero-order valence-electron chi connectivity index (χ0n) is 10.9. The van der Waals surface area contributed by atoms with Crippen molar-refractivity contribution in [3.05, 3.63) is 33.4 Å². The van der Waals surface area contributed by atoms with Crippen LogP contribution in [0.15, 0.2) is 12.1 Å². The molecule has 1 amide bonds. The molecule has 19 heavy (non-hydrogen) atoms. The van der Waals surface area contributed by atoms with Gasteiger partial charge < -0.3 is 10.1 Å². The van der Waals surface area contributed by atoms with Crippen molar-refractivity contribution >= 4 is 11.6 Å². The first kappa shape index (κ1) is 13.3. The molecule has 1 aromatic carbocycles. The maximum Gasteiger partial charge on any atom is 0.273 e. The molecule has 0 aliphatic heterocycles. The Bertz CT molecular complexity index is 528. The highest BCUT2D eigenvalue weighted by Crippen LogP contribution is 2.35. The van der Waals surface area contributed by atoms with Gasteiger partial charge >= 0.3 is 0 Å². The predicted octanol–water partition coefficient (Wildman–Crippen LogP) is 1.60. The molecule has 0 heterocycles. The summed E-state index contributed by atoms with van der Waals surface area (Å²) >= 11 is 0. The lowest BCUT2D eigenvalue weighted by Gasteiger charge is -2.26. The summed E-state index contributed by atoms with van der Waals surface area (Å²) in [5.74, 6) is 0.563. The molecule has 0 saturated carbocycles. The lowest BCUT2D eigenvalue weighted by Crippen LogP contribution is -2.37. The molecule has 1 aliphatic rings. The Morgan fingerprint density at radius 3 is 2.79 bits per heavy atom. The summed E-state index contributed by atoms with van der Waals surface area (Å²) in [7, 11) is 1.55. The van der Waals surface area contributed by atoms with Crippen LogP contribution in [0.25, 0.3) is 0 Å². The van der Waals surface area contributed by atoms with Crippen LogP contribution in [0.5, 0.6) is 5.75 Å². The highest BCUT2D eigenvalue weighted by Gasteiger charge is 2.28. The van der Waals surface area contributed by atoms with Crippen LogP contribution in [0.2, 0.25) is 0 Å². The molecule has 0 aromatic heterocycles. The quantitative estimate of drug-likeness (QED) is 0.664. The molecular weight excluding hydrogens is 248 g/mol. The first-order chi connectivity index (χ1) is 9.02. The number of hydrogen-bond donors (Lipinski definition) is 1. The number of carbonyl (C=O) groups is 1. The average molecular weight is 264 g/mol. The molecule has 1 aliphatic carbocycles. The number of carbonyl (C=O) groups excluding carboxylic acids is 1. The van der Waals surface area contributed by atoms with E-state index in [-0.39, 0.29) is 22.6 Å². The predicted molar refractivity (Wildman–Crippen MR) is 69.3 cm³/mol. The fourth-order valence-corrected chi connectivity index (χ4v) is 2.60. The summed E-state index contributed by atoms with van der Waals surface area (Å²) in [6.07, 6.45) is 1.86. The second kappa shape index (κ2) is 5.26. The minimum atomic E-state index is -0.364. The number of amides is 1. The van der Waals surface area contributed by atoms with E-state index in [1.807, 2.05) is 0 Å². The second-order valence-corrected chi connectivity index (χ2v) is 4.64. The van der Waals surface area contributed by atoms with Gasteiger partial charge in [0, 0.05) is 30.2 Å². The molecular formula is C13H16N2O4. The lowest BCUT2D eigenvalue weighted by atomic mass is 9.86. The van der Waals surface area contributed by atoms with Gasteiger partial charge in [-0.05, 0) is 25.3 Å². The van der Waals surface area contributed by atoms with E-state index in [9.17, 15) is 14.9 Å². The van der Waals surface area contributed by atoms with Gasteiger partial charge in [-0.3, -0.25) is 14.9 Å². The van der Waals surface area contributed by atoms with E-state index in [1.165, 1.54) is 13.0 Å². The Morgan fingerprint density at radius 1 is 1.47 bits per heavy atom. The molecule has 1 aromatic rings. The number of nitrogens with zero attached hydrogens (tertiary/aromatic N) is 1. The van der Waals surface area contributed by atoms with Crippen molar-refractivity contribution in [1.29, 1.82) is 0 Å². The largest absolute Gasteiger partial charge is 0.496 e. The Hall–Kier alpha value is -2.11. The van der Waals surface area contributed by atoms with Crippen LogP contribution in [0, 0.1) is 10.1 Å². The molecule has 0 fully saturated rings. The van der Waals surface area contributed by atoms with Crippen LogP contribution in [0.3, 0.4) is 0 Å². The van der Waals surface area contributed by atoms with Crippen molar-refractivity contribution in [2.75, 3.05) is 7.11 Å². The van der Waals surface area contributed by atoms with Crippen LogP contribution in [0.1, 0.15) is 24.5 Å². The molecule has 1 atom stereocenters. The smallest absolute Gasteiger partial charge is 0.273 e. The number of nitrogens with one attached hydrogen (secondary N) is 1. The molecule has 0 radical (unpaired) electrons. The molecule has 1 N–H and O–H groups in total. The summed E-state index contributed by atoms with van der Waals surface area (Å²) < 4.78 is 5.27. The van der Waals surface area contributed by atoms with E-state index in [0.29, 0.717) is 25.0 Å².